The Morgan fingerprint density at radius 2 is 2.00 bits per heavy atom. The van der Waals surface area contributed by atoms with Gasteiger partial charge in [-0.2, -0.15) is 0 Å². The molecule has 3 rings (SSSR count). The first-order valence-electron chi connectivity index (χ1n) is 6.96. The van der Waals surface area contributed by atoms with E-state index in [1.165, 1.54) is 42.7 Å². The predicted molar refractivity (Wildman–Crippen MR) is 90.7 cm³/mol. The molecule has 2 N–H and O–H groups in total. The molecular formula is C17H13FN2O3S. The number of hydrogen-bond acceptors (Lipinski definition) is 5. The number of hydrogen-bond donors (Lipinski definition) is 2. The van der Waals surface area contributed by atoms with Crippen LogP contribution in [0.5, 0.6) is 5.75 Å². The van der Waals surface area contributed by atoms with Crippen LogP contribution in [0.3, 0.4) is 0 Å². The van der Waals surface area contributed by atoms with Crippen molar-refractivity contribution < 1.29 is 19.0 Å². The van der Waals surface area contributed by atoms with E-state index in [-0.39, 0.29) is 11.4 Å². The Hall–Kier alpha value is -2.93. The number of halogens is 1. The number of carboxylic acid groups (broad SMARTS) is 1. The van der Waals surface area contributed by atoms with Crippen molar-refractivity contribution in [2.45, 2.75) is 0 Å². The molecule has 5 nitrogen and oxygen atoms in total. The summed E-state index contributed by atoms with van der Waals surface area (Å²) in [5.41, 5.74) is 2.10. The van der Waals surface area contributed by atoms with Gasteiger partial charge in [-0.05, 0) is 42.5 Å². The Labute approximate surface area is 141 Å². The van der Waals surface area contributed by atoms with Crippen LogP contribution in [0.4, 0.5) is 15.2 Å². The summed E-state index contributed by atoms with van der Waals surface area (Å²) in [6.45, 7) is 0. The van der Waals surface area contributed by atoms with Crippen molar-refractivity contribution in [3.05, 3.63) is 59.2 Å². The second kappa shape index (κ2) is 6.67. The van der Waals surface area contributed by atoms with Crippen molar-refractivity contribution in [3.63, 3.8) is 0 Å². The molecule has 24 heavy (non-hydrogen) atoms. The zero-order valence-electron chi connectivity index (χ0n) is 12.6. The molecule has 0 aliphatic heterocycles. The Kier molecular flexibility index (Phi) is 4.43. The van der Waals surface area contributed by atoms with Crippen LogP contribution in [-0.2, 0) is 0 Å². The van der Waals surface area contributed by atoms with E-state index < -0.39 is 5.97 Å². The molecule has 2 aromatic carbocycles. The first-order chi connectivity index (χ1) is 11.6. The van der Waals surface area contributed by atoms with Gasteiger partial charge in [0.1, 0.15) is 11.6 Å². The maximum atomic E-state index is 13.5. The molecule has 0 aliphatic rings. The highest BCUT2D eigenvalue weighted by molar-refractivity contribution is 7.14. The first-order valence-corrected chi connectivity index (χ1v) is 7.84. The molecule has 0 aliphatic carbocycles. The van der Waals surface area contributed by atoms with E-state index in [0.717, 1.165) is 0 Å². The van der Waals surface area contributed by atoms with E-state index in [2.05, 4.69) is 10.3 Å². The summed E-state index contributed by atoms with van der Waals surface area (Å²) in [7, 11) is 1.52. The molecule has 0 bridgehead atoms. The zero-order chi connectivity index (χ0) is 17.1. The summed E-state index contributed by atoms with van der Waals surface area (Å²) in [6, 6.07) is 10.6. The van der Waals surface area contributed by atoms with Crippen LogP contribution < -0.4 is 10.1 Å². The monoisotopic (exact) mass is 344 g/mol. The van der Waals surface area contributed by atoms with Crippen LogP contribution in [0.15, 0.2) is 47.8 Å². The number of aromatic nitrogens is 1. The lowest BCUT2D eigenvalue weighted by atomic mass is 10.1. The minimum atomic E-state index is -0.976. The van der Waals surface area contributed by atoms with Crippen molar-refractivity contribution in [1.82, 2.24) is 4.98 Å². The number of aromatic carboxylic acids is 1. The summed E-state index contributed by atoms with van der Waals surface area (Å²) in [5.74, 6) is -0.798. The molecule has 0 unspecified atom stereocenters. The van der Waals surface area contributed by atoms with E-state index in [1.54, 1.807) is 23.6 Å². The van der Waals surface area contributed by atoms with Gasteiger partial charge in [-0.15, -0.1) is 11.3 Å². The molecular weight excluding hydrogens is 331 g/mol. The second-order valence-corrected chi connectivity index (χ2v) is 5.75. The lowest BCUT2D eigenvalue weighted by molar-refractivity contribution is 0.0697. The molecule has 0 saturated carbocycles. The molecule has 0 amide bonds. The topological polar surface area (TPSA) is 71.5 Å². The number of nitrogens with one attached hydrogen (secondary N) is 1. The van der Waals surface area contributed by atoms with Gasteiger partial charge in [0, 0.05) is 16.6 Å². The molecule has 0 saturated heterocycles. The third kappa shape index (κ3) is 3.36. The number of ether oxygens (including phenoxy) is 1. The number of carboxylic acids is 1. The Bertz CT molecular complexity index is 878. The average Bonchev–Trinajstić information content (AvgIpc) is 3.03. The normalized spacial score (nSPS) is 10.4. The Balaban J connectivity index is 1.83. The average molecular weight is 344 g/mol. The highest BCUT2D eigenvalue weighted by Gasteiger charge is 2.11. The first kappa shape index (κ1) is 15.9. The van der Waals surface area contributed by atoms with Gasteiger partial charge in [0.05, 0.1) is 18.4 Å². The largest absolute Gasteiger partial charge is 0.496 e. The fraction of sp³-hybridized carbons (Fsp3) is 0.0588. The van der Waals surface area contributed by atoms with Crippen molar-refractivity contribution in [2.75, 3.05) is 12.4 Å². The number of nitrogens with zero attached hydrogens (tertiary/aromatic N) is 1. The van der Waals surface area contributed by atoms with Crippen LogP contribution >= 0.6 is 11.3 Å². The van der Waals surface area contributed by atoms with E-state index in [1.807, 2.05) is 0 Å². The summed E-state index contributed by atoms with van der Waals surface area (Å²) in [4.78, 5) is 15.3. The standard InChI is InChI=1S/C17H13FN2O3S/c1-23-15-7-4-11(18)8-13(15)14-9-24-17(20-14)19-12-5-2-10(3-6-12)16(21)22/h2-9H,1H3,(H,19,20)(H,21,22). The van der Waals surface area contributed by atoms with Crippen LogP contribution in [0.1, 0.15) is 10.4 Å². The van der Waals surface area contributed by atoms with Crippen LogP contribution in [0.2, 0.25) is 0 Å². The van der Waals surface area contributed by atoms with Crippen LogP contribution in [-0.4, -0.2) is 23.2 Å². The van der Waals surface area contributed by atoms with Crippen LogP contribution in [0.25, 0.3) is 11.3 Å². The van der Waals surface area contributed by atoms with Gasteiger partial charge in [-0.25, -0.2) is 14.2 Å². The van der Waals surface area contributed by atoms with E-state index in [0.29, 0.717) is 27.8 Å². The third-order valence-electron chi connectivity index (χ3n) is 3.32. The number of rotatable bonds is 5. The minimum absolute atomic E-state index is 0.213. The summed E-state index contributed by atoms with van der Waals surface area (Å²) in [6.07, 6.45) is 0. The van der Waals surface area contributed by atoms with E-state index in [9.17, 15) is 9.18 Å². The SMILES string of the molecule is COc1ccc(F)cc1-c1csc(Nc2ccc(C(=O)O)cc2)n1. The summed E-state index contributed by atoms with van der Waals surface area (Å²) in [5, 5.41) is 14.4. The van der Waals surface area contributed by atoms with E-state index in [4.69, 9.17) is 9.84 Å². The predicted octanol–water partition coefficient (Wildman–Crippen LogP) is 4.40. The Morgan fingerprint density at radius 3 is 2.67 bits per heavy atom. The zero-order valence-corrected chi connectivity index (χ0v) is 13.4. The highest BCUT2D eigenvalue weighted by Crippen LogP contribution is 2.33. The molecule has 1 aromatic heterocycles. The maximum absolute atomic E-state index is 13.5. The van der Waals surface area contributed by atoms with Gasteiger partial charge in [0.15, 0.2) is 5.13 Å². The fourth-order valence-corrected chi connectivity index (χ4v) is 2.89. The van der Waals surface area contributed by atoms with E-state index >= 15 is 0 Å². The van der Waals surface area contributed by atoms with Crippen LogP contribution in [0, 0.1) is 5.82 Å². The molecule has 7 heteroatoms. The van der Waals surface area contributed by atoms with Gasteiger partial charge in [-0.1, -0.05) is 0 Å². The molecule has 0 spiro atoms. The van der Waals surface area contributed by atoms with Crippen molar-refractivity contribution >= 4 is 28.1 Å². The fourth-order valence-electron chi connectivity index (χ4n) is 2.15. The third-order valence-corrected chi connectivity index (χ3v) is 4.08. The lowest BCUT2D eigenvalue weighted by Gasteiger charge is -2.06. The second-order valence-electron chi connectivity index (χ2n) is 4.89. The molecule has 0 fully saturated rings. The van der Waals surface area contributed by atoms with Gasteiger partial charge in [0.2, 0.25) is 0 Å². The van der Waals surface area contributed by atoms with Gasteiger partial charge >= 0.3 is 5.97 Å². The lowest BCUT2D eigenvalue weighted by Crippen LogP contribution is -1.96. The minimum Gasteiger partial charge on any atom is -0.496 e. The molecule has 122 valence electrons. The number of carbonyl (C=O) groups is 1. The summed E-state index contributed by atoms with van der Waals surface area (Å²) >= 11 is 1.36. The molecule has 3 aromatic rings. The van der Waals surface area contributed by atoms with Crippen molar-refractivity contribution in [3.8, 4) is 17.0 Å². The number of anilines is 2. The van der Waals surface area contributed by atoms with Gasteiger partial charge in [0.25, 0.3) is 0 Å². The molecule has 0 atom stereocenters. The summed E-state index contributed by atoms with van der Waals surface area (Å²) < 4.78 is 18.7. The smallest absolute Gasteiger partial charge is 0.335 e. The molecule has 1 heterocycles. The van der Waals surface area contributed by atoms with Crippen molar-refractivity contribution in [1.29, 1.82) is 0 Å². The number of methoxy groups -OCH3 is 1. The van der Waals surface area contributed by atoms with Gasteiger partial charge < -0.3 is 15.2 Å². The molecule has 0 radical (unpaired) electrons. The van der Waals surface area contributed by atoms with Crippen molar-refractivity contribution in [2.24, 2.45) is 0 Å². The quantitative estimate of drug-likeness (QED) is 0.718. The number of benzene rings is 2. The Morgan fingerprint density at radius 1 is 1.25 bits per heavy atom. The van der Waals surface area contributed by atoms with Gasteiger partial charge in [-0.3, -0.25) is 0 Å². The highest BCUT2D eigenvalue weighted by atomic mass is 32.1. The maximum Gasteiger partial charge on any atom is 0.335 e. The number of thiazole rings is 1.